The molecule has 2 aliphatic rings. The lowest BCUT2D eigenvalue weighted by Gasteiger charge is -2.40. The zero-order valence-electron chi connectivity index (χ0n) is 12.9. The van der Waals surface area contributed by atoms with Crippen LogP contribution in [-0.4, -0.2) is 49.2 Å². The smallest absolute Gasteiger partial charge is 0.338 e. The molecular formula is C17H21NO4. The molecule has 2 aliphatic heterocycles. The molecule has 2 saturated heterocycles. The van der Waals surface area contributed by atoms with Crippen LogP contribution in [0.15, 0.2) is 30.3 Å². The molecule has 0 spiro atoms. The van der Waals surface area contributed by atoms with Crippen LogP contribution in [-0.2, 0) is 14.3 Å². The van der Waals surface area contributed by atoms with E-state index in [1.54, 1.807) is 24.3 Å². The van der Waals surface area contributed by atoms with E-state index >= 15 is 0 Å². The largest absolute Gasteiger partial charge is 0.469 e. The van der Waals surface area contributed by atoms with Crippen LogP contribution in [0.1, 0.15) is 29.6 Å². The summed E-state index contributed by atoms with van der Waals surface area (Å²) in [6.07, 6.45) is 2.26. The van der Waals surface area contributed by atoms with Crippen molar-refractivity contribution in [3.8, 4) is 0 Å². The van der Waals surface area contributed by atoms with Crippen LogP contribution in [0, 0.1) is 5.92 Å². The number of esters is 2. The molecule has 2 fully saturated rings. The maximum atomic E-state index is 12.3. The molecule has 2 bridgehead atoms. The van der Waals surface area contributed by atoms with Gasteiger partial charge < -0.3 is 9.47 Å². The number of piperidine rings is 1. The monoisotopic (exact) mass is 303 g/mol. The second kappa shape index (κ2) is 6.08. The minimum atomic E-state index is -0.408. The molecule has 0 radical (unpaired) electrons. The van der Waals surface area contributed by atoms with E-state index in [2.05, 4.69) is 4.90 Å². The molecule has 0 aliphatic carbocycles. The predicted octanol–water partition coefficient (Wildman–Crippen LogP) is 1.87. The average molecular weight is 303 g/mol. The van der Waals surface area contributed by atoms with E-state index < -0.39 is 12.0 Å². The van der Waals surface area contributed by atoms with Crippen LogP contribution >= 0.6 is 0 Å². The first-order valence-corrected chi connectivity index (χ1v) is 7.67. The summed E-state index contributed by atoms with van der Waals surface area (Å²) < 4.78 is 10.6. The van der Waals surface area contributed by atoms with Crippen molar-refractivity contribution in [2.75, 3.05) is 14.2 Å². The number of fused-ring (bicyclic) bond motifs is 2. The van der Waals surface area contributed by atoms with Gasteiger partial charge in [0.15, 0.2) is 0 Å². The van der Waals surface area contributed by atoms with Crippen LogP contribution in [0.25, 0.3) is 0 Å². The molecule has 0 saturated carbocycles. The molecule has 5 heteroatoms. The minimum Gasteiger partial charge on any atom is -0.469 e. The van der Waals surface area contributed by atoms with E-state index in [9.17, 15) is 9.59 Å². The van der Waals surface area contributed by atoms with E-state index in [0.717, 1.165) is 12.8 Å². The summed E-state index contributed by atoms with van der Waals surface area (Å²) >= 11 is 0. The summed E-state index contributed by atoms with van der Waals surface area (Å²) in [6, 6.07) is 9.36. The zero-order chi connectivity index (χ0) is 15.7. The number of rotatable bonds is 3. The first-order chi connectivity index (χ1) is 10.6. The van der Waals surface area contributed by atoms with Gasteiger partial charge in [-0.2, -0.15) is 0 Å². The van der Waals surface area contributed by atoms with Gasteiger partial charge in [-0.3, -0.25) is 9.69 Å². The Hall–Kier alpha value is -1.88. The van der Waals surface area contributed by atoms with E-state index in [0.29, 0.717) is 18.0 Å². The van der Waals surface area contributed by atoms with Crippen molar-refractivity contribution in [2.24, 2.45) is 5.92 Å². The summed E-state index contributed by atoms with van der Waals surface area (Å²) in [5.74, 6) is -1.06. The summed E-state index contributed by atoms with van der Waals surface area (Å²) in [7, 11) is 3.42. The highest BCUT2D eigenvalue weighted by Crippen LogP contribution is 2.40. The number of carbonyl (C=O) groups is 2. The lowest BCUT2D eigenvalue weighted by atomic mass is 9.87. The highest BCUT2D eigenvalue weighted by atomic mass is 16.6. The van der Waals surface area contributed by atoms with Gasteiger partial charge >= 0.3 is 11.9 Å². The summed E-state index contributed by atoms with van der Waals surface area (Å²) in [5.41, 5.74) is 0.511. The predicted molar refractivity (Wildman–Crippen MR) is 80.3 cm³/mol. The Bertz CT molecular complexity index is 559. The SMILES string of the molecule is COC(=O)[C@@H]1[C@H](OC(=O)c2ccccc2)C[C@@H]2CC[C@@H]1N2C. The molecule has 22 heavy (non-hydrogen) atoms. The van der Waals surface area contributed by atoms with Gasteiger partial charge in [0.2, 0.25) is 0 Å². The Morgan fingerprint density at radius 3 is 2.59 bits per heavy atom. The maximum Gasteiger partial charge on any atom is 0.338 e. The molecule has 3 rings (SSSR count). The van der Waals surface area contributed by atoms with Crippen LogP contribution < -0.4 is 0 Å². The first-order valence-electron chi connectivity index (χ1n) is 7.67. The number of hydrogen-bond donors (Lipinski definition) is 0. The number of nitrogens with zero attached hydrogens (tertiary/aromatic N) is 1. The minimum absolute atomic E-state index is 0.0970. The Balaban J connectivity index is 1.79. The van der Waals surface area contributed by atoms with Crippen LogP contribution in [0.5, 0.6) is 0 Å². The summed E-state index contributed by atoms with van der Waals surface area (Å²) in [6.45, 7) is 0. The van der Waals surface area contributed by atoms with Gasteiger partial charge in [-0.05, 0) is 32.0 Å². The fourth-order valence-electron chi connectivity index (χ4n) is 3.77. The molecule has 1 aromatic carbocycles. The quantitative estimate of drug-likeness (QED) is 0.798. The van der Waals surface area contributed by atoms with Gasteiger partial charge in [-0.15, -0.1) is 0 Å². The van der Waals surface area contributed by atoms with Crippen LogP contribution in [0.4, 0.5) is 0 Å². The average Bonchev–Trinajstić information content (AvgIpc) is 2.78. The van der Waals surface area contributed by atoms with Crippen LogP contribution in [0.2, 0.25) is 0 Å². The molecule has 0 aromatic heterocycles. The number of benzene rings is 1. The molecule has 0 N–H and O–H groups in total. The highest BCUT2D eigenvalue weighted by Gasteiger charge is 2.50. The fraction of sp³-hybridized carbons (Fsp3) is 0.529. The van der Waals surface area contributed by atoms with Crippen molar-refractivity contribution in [2.45, 2.75) is 37.5 Å². The Morgan fingerprint density at radius 2 is 1.91 bits per heavy atom. The molecule has 5 nitrogen and oxygen atoms in total. The number of ether oxygens (including phenoxy) is 2. The van der Waals surface area contributed by atoms with E-state index in [1.807, 2.05) is 13.1 Å². The summed E-state index contributed by atoms with van der Waals surface area (Å²) in [5, 5.41) is 0. The van der Waals surface area contributed by atoms with Crippen molar-refractivity contribution >= 4 is 11.9 Å². The third-order valence-corrected chi connectivity index (χ3v) is 4.96. The Kier molecular flexibility index (Phi) is 4.16. The fourth-order valence-corrected chi connectivity index (χ4v) is 3.77. The van der Waals surface area contributed by atoms with Gasteiger partial charge in [-0.1, -0.05) is 18.2 Å². The second-order valence-electron chi connectivity index (χ2n) is 6.06. The van der Waals surface area contributed by atoms with Crippen molar-refractivity contribution in [1.82, 2.24) is 4.90 Å². The molecule has 0 unspecified atom stereocenters. The summed E-state index contributed by atoms with van der Waals surface area (Å²) in [4.78, 5) is 26.7. The second-order valence-corrected chi connectivity index (χ2v) is 6.06. The van der Waals surface area contributed by atoms with Gasteiger partial charge in [0.25, 0.3) is 0 Å². The molecular weight excluding hydrogens is 282 g/mol. The third kappa shape index (κ3) is 2.61. The molecule has 4 atom stereocenters. The lowest BCUT2D eigenvalue weighted by molar-refractivity contribution is -0.156. The Labute approximate surface area is 130 Å². The van der Waals surface area contributed by atoms with E-state index in [-0.39, 0.29) is 18.0 Å². The van der Waals surface area contributed by atoms with Crippen molar-refractivity contribution in [3.05, 3.63) is 35.9 Å². The van der Waals surface area contributed by atoms with Gasteiger partial charge in [0, 0.05) is 18.5 Å². The topological polar surface area (TPSA) is 55.8 Å². The third-order valence-electron chi connectivity index (χ3n) is 4.96. The molecule has 1 aromatic rings. The van der Waals surface area contributed by atoms with E-state index in [1.165, 1.54) is 7.11 Å². The number of methoxy groups -OCH3 is 1. The Morgan fingerprint density at radius 1 is 1.18 bits per heavy atom. The van der Waals surface area contributed by atoms with Crippen molar-refractivity contribution in [3.63, 3.8) is 0 Å². The molecule has 0 amide bonds. The number of carbonyl (C=O) groups excluding carboxylic acids is 2. The lowest BCUT2D eigenvalue weighted by Crippen LogP contribution is -2.53. The van der Waals surface area contributed by atoms with Crippen LogP contribution in [0.3, 0.4) is 0 Å². The zero-order valence-corrected chi connectivity index (χ0v) is 12.9. The number of hydrogen-bond acceptors (Lipinski definition) is 5. The normalized spacial score (nSPS) is 30.8. The van der Waals surface area contributed by atoms with E-state index in [4.69, 9.17) is 9.47 Å². The standard InChI is InChI=1S/C17H21NO4/c1-18-12-8-9-13(18)15(17(20)21-2)14(10-12)22-16(19)11-6-4-3-5-7-11/h3-7,12-15H,8-10H2,1-2H3/t12-,13-,14+,15-/m0/s1. The van der Waals surface area contributed by atoms with Gasteiger partial charge in [0.1, 0.15) is 12.0 Å². The van der Waals surface area contributed by atoms with Gasteiger partial charge in [0.05, 0.1) is 12.7 Å². The first kappa shape index (κ1) is 15.0. The van der Waals surface area contributed by atoms with Crippen molar-refractivity contribution < 1.29 is 19.1 Å². The van der Waals surface area contributed by atoms with Gasteiger partial charge in [-0.25, -0.2) is 4.79 Å². The van der Waals surface area contributed by atoms with Crippen molar-refractivity contribution in [1.29, 1.82) is 0 Å². The maximum absolute atomic E-state index is 12.3. The molecule has 118 valence electrons. The highest BCUT2D eigenvalue weighted by molar-refractivity contribution is 5.89. The molecule has 2 heterocycles.